The van der Waals surface area contributed by atoms with Gasteiger partial charge in [0, 0.05) is 38.1 Å². The highest BCUT2D eigenvalue weighted by atomic mass is 32.1. The Morgan fingerprint density at radius 3 is 2.81 bits per heavy atom. The number of hydrogen-bond donors (Lipinski definition) is 2. The fourth-order valence-corrected chi connectivity index (χ4v) is 2.01. The Bertz CT molecular complexity index is 311. The topological polar surface area (TPSA) is 44.4 Å². The molecule has 1 atom stereocenters. The summed E-state index contributed by atoms with van der Waals surface area (Å²) < 4.78 is 0. The van der Waals surface area contributed by atoms with Gasteiger partial charge in [0.2, 0.25) is 0 Å². The monoisotopic (exact) mass is 241 g/mol. The maximum absolute atomic E-state index is 11.2. The standard InChI is InChI=1S/C11H19N3OS/c1-9(10-5-4-8-16-10)12-6-7-13-11(15)14(2)3/h4-5,8-9,12H,6-7H2,1-3H3,(H,13,15). The van der Waals surface area contributed by atoms with Gasteiger partial charge in [-0.25, -0.2) is 4.79 Å². The number of carbonyl (C=O) groups is 1. The second-order valence-corrected chi connectivity index (χ2v) is 4.80. The molecule has 4 nitrogen and oxygen atoms in total. The predicted molar refractivity (Wildman–Crippen MR) is 67.8 cm³/mol. The van der Waals surface area contributed by atoms with Gasteiger partial charge >= 0.3 is 6.03 Å². The number of urea groups is 1. The first-order chi connectivity index (χ1) is 7.61. The molecule has 2 N–H and O–H groups in total. The third-order valence-electron chi connectivity index (χ3n) is 2.23. The van der Waals surface area contributed by atoms with E-state index in [0.717, 1.165) is 6.54 Å². The van der Waals surface area contributed by atoms with Gasteiger partial charge in [0.1, 0.15) is 0 Å². The third-order valence-corrected chi connectivity index (χ3v) is 3.28. The highest BCUT2D eigenvalue weighted by Crippen LogP contribution is 2.17. The van der Waals surface area contributed by atoms with Crippen molar-refractivity contribution in [1.82, 2.24) is 15.5 Å². The normalized spacial score (nSPS) is 12.2. The second-order valence-electron chi connectivity index (χ2n) is 3.82. The van der Waals surface area contributed by atoms with Crippen LogP contribution in [0, 0.1) is 0 Å². The largest absolute Gasteiger partial charge is 0.337 e. The van der Waals surface area contributed by atoms with Crippen LogP contribution in [-0.2, 0) is 0 Å². The molecule has 0 fully saturated rings. The second kappa shape index (κ2) is 6.50. The molecule has 0 aliphatic carbocycles. The molecule has 90 valence electrons. The zero-order valence-corrected chi connectivity index (χ0v) is 10.8. The molecular formula is C11H19N3OS. The van der Waals surface area contributed by atoms with Gasteiger partial charge in [-0.15, -0.1) is 11.3 Å². The summed E-state index contributed by atoms with van der Waals surface area (Å²) in [5, 5.41) is 8.24. The summed E-state index contributed by atoms with van der Waals surface area (Å²) in [6.07, 6.45) is 0. The zero-order chi connectivity index (χ0) is 12.0. The molecule has 0 spiro atoms. The van der Waals surface area contributed by atoms with Gasteiger partial charge in [-0.05, 0) is 18.4 Å². The lowest BCUT2D eigenvalue weighted by molar-refractivity contribution is 0.217. The van der Waals surface area contributed by atoms with Crippen LogP contribution in [0.3, 0.4) is 0 Å². The quantitative estimate of drug-likeness (QED) is 0.770. The molecule has 0 aliphatic rings. The third kappa shape index (κ3) is 4.20. The van der Waals surface area contributed by atoms with Crippen molar-refractivity contribution in [2.24, 2.45) is 0 Å². The van der Waals surface area contributed by atoms with Crippen LogP contribution >= 0.6 is 11.3 Å². The molecule has 0 saturated heterocycles. The lowest BCUT2D eigenvalue weighted by Crippen LogP contribution is -2.38. The van der Waals surface area contributed by atoms with Crippen LogP contribution in [0.1, 0.15) is 17.8 Å². The van der Waals surface area contributed by atoms with Crippen LogP contribution in [0.25, 0.3) is 0 Å². The smallest absolute Gasteiger partial charge is 0.316 e. The first-order valence-electron chi connectivity index (χ1n) is 5.33. The highest BCUT2D eigenvalue weighted by Gasteiger charge is 2.05. The molecule has 1 rings (SSSR count). The van der Waals surface area contributed by atoms with Crippen LogP contribution in [0.4, 0.5) is 4.79 Å². The predicted octanol–water partition coefficient (Wildman–Crippen LogP) is 1.67. The Balaban J connectivity index is 2.14. The van der Waals surface area contributed by atoms with E-state index in [-0.39, 0.29) is 6.03 Å². The van der Waals surface area contributed by atoms with E-state index in [2.05, 4.69) is 29.0 Å². The first-order valence-corrected chi connectivity index (χ1v) is 6.21. The molecule has 0 aromatic carbocycles. The average Bonchev–Trinajstić information content (AvgIpc) is 2.76. The van der Waals surface area contributed by atoms with E-state index in [1.165, 1.54) is 9.78 Å². The van der Waals surface area contributed by atoms with Gasteiger partial charge in [0.25, 0.3) is 0 Å². The van der Waals surface area contributed by atoms with E-state index >= 15 is 0 Å². The molecule has 1 heterocycles. The fourth-order valence-electron chi connectivity index (χ4n) is 1.25. The Morgan fingerprint density at radius 2 is 2.25 bits per heavy atom. The number of amides is 2. The van der Waals surface area contributed by atoms with E-state index in [0.29, 0.717) is 12.6 Å². The van der Waals surface area contributed by atoms with Crippen LogP contribution < -0.4 is 10.6 Å². The molecule has 0 bridgehead atoms. The summed E-state index contributed by atoms with van der Waals surface area (Å²) in [6, 6.07) is 4.45. The van der Waals surface area contributed by atoms with Gasteiger partial charge in [-0.2, -0.15) is 0 Å². The number of nitrogens with zero attached hydrogens (tertiary/aromatic N) is 1. The molecule has 5 heteroatoms. The molecule has 16 heavy (non-hydrogen) atoms. The van der Waals surface area contributed by atoms with Crippen LogP contribution in [0.5, 0.6) is 0 Å². The summed E-state index contributed by atoms with van der Waals surface area (Å²) in [4.78, 5) is 14.1. The number of hydrogen-bond acceptors (Lipinski definition) is 3. The Kier molecular flexibility index (Phi) is 5.28. The molecule has 0 radical (unpaired) electrons. The van der Waals surface area contributed by atoms with Gasteiger partial charge in [-0.3, -0.25) is 0 Å². The van der Waals surface area contributed by atoms with E-state index in [9.17, 15) is 4.79 Å². The summed E-state index contributed by atoms with van der Waals surface area (Å²) in [6.45, 7) is 3.55. The van der Waals surface area contributed by atoms with E-state index in [4.69, 9.17) is 0 Å². The SMILES string of the molecule is CC(NCCNC(=O)N(C)C)c1cccs1. The van der Waals surface area contributed by atoms with Crippen LogP contribution in [0.15, 0.2) is 17.5 Å². The Labute approximate surface area is 101 Å². The Morgan fingerprint density at radius 1 is 1.50 bits per heavy atom. The summed E-state index contributed by atoms with van der Waals surface area (Å²) in [7, 11) is 3.47. The number of thiophene rings is 1. The average molecular weight is 241 g/mol. The molecule has 1 aromatic heterocycles. The molecule has 2 amide bonds. The lowest BCUT2D eigenvalue weighted by atomic mass is 10.3. The lowest BCUT2D eigenvalue weighted by Gasteiger charge is -2.14. The minimum Gasteiger partial charge on any atom is -0.337 e. The number of nitrogens with one attached hydrogen (secondary N) is 2. The van der Waals surface area contributed by atoms with Crippen molar-refractivity contribution >= 4 is 17.4 Å². The minimum atomic E-state index is -0.0504. The van der Waals surface area contributed by atoms with Crippen molar-refractivity contribution in [1.29, 1.82) is 0 Å². The molecular weight excluding hydrogens is 222 g/mol. The van der Waals surface area contributed by atoms with E-state index in [1.54, 1.807) is 25.4 Å². The van der Waals surface area contributed by atoms with Crippen molar-refractivity contribution in [2.45, 2.75) is 13.0 Å². The van der Waals surface area contributed by atoms with Gasteiger partial charge in [0.15, 0.2) is 0 Å². The van der Waals surface area contributed by atoms with E-state index in [1.807, 2.05) is 6.07 Å². The maximum Gasteiger partial charge on any atom is 0.316 e. The molecule has 1 unspecified atom stereocenters. The zero-order valence-electron chi connectivity index (χ0n) is 9.99. The molecule has 1 aromatic rings. The summed E-state index contributed by atoms with van der Waals surface area (Å²) in [5.41, 5.74) is 0. The van der Waals surface area contributed by atoms with Crippen molar-refractivity contribution in [2.75, 3.05) is 27.2 Å². The minimum absolute atomic E-state index is 0.0504. The van der Waals surface area contributed by atoms with Crippen LogP contribution in [-0.4, -0.2) is 38.1 Å². The molecule has 0 saturated carbocycles. The molecule has 0 aliphatic heterocycles. The fraction of sp³-hybridized carbons (Fsp3) is 0.545. The van der Waals surface area contributed by atoms with E-state index < -0.39 is 0 Å². The Hall–Kier alpha value is -1.07. The maximum atomic E-state index is 11.2. The van der Waals surface area contributed by atoms with Gasteiger partial charge in [0.05, 0.1) is 0 Å². The van der Waals surface area contributed by atoms with Crippen molar-refractivity contribution in [3.8, 4) is 0 Å². The number of carbonyl (C=O) groups excluding carboxylic acids is 1. The van der Waals surface area contributed by atoms with Crippen LogP contribution in [0.2, 0.25) is 0 Å². The van der Waals surface area contributed by atoms with Crippen molar-refractivity contribution in [3.63, 3.8) is 0 Å². The highest BCUT2D eigenvalue weighted by molar-refractivity contribution is 7.10. The summed E-state index contributed by atoms with van der Waals surface area (Å²) >= 11 is 1.74. The van der Waals surface area contributed by atoms with Gasteiger partial charge < -0.3 is 15.5 Å². The summed E-state index contributed by atoms with van der Waals surface area (Å²) in [5.74, 6) is 0. The number of rotatable bonds is 5. The van der Waals surface area contributed by atoms with Crippen molar-refractivity contribution in [3.05, 3.63) is 22.4 Å². The van der Waals surface area contributed by atoms with Crippen molar-refractivity contribution < 1.29 is 4.79 Å². The first kappa shape index (κ1) is 13.0. The van der Waals surface area contributed by atoms with Gasteiger partial charge in [-0.1, -0.05) is 6.07 Å².